The Bertz CT molecular complexity index is 870. The van der Waals surface area contributed by atoms with Crippen molar-refractivity contribution in [3.05, 3.63) is 46.2 Å². The van der Waals surface area contributed by atoms with E-state index in [0.29, 0.717) is 5.82 Å². The Morgan fingerprint density at radius 2 is 1.96 bits per heavy atom. The van der Waals surface area contributed by atoms with Gasteiger partial charge in [0.15, 0.2) is 17.5 Å². The van der Waals surface area contributed by atoms with Crippen LogP contribution in [0.3, 0.4) is 0 Å². The zero-order chi connectivity index (χ0) is 18.4. The summed E-state index contributed by atoms with van der Waals surface area (Å²) >= 11 is 2.96. The second-order valence-corrected chi connectivity index (χ2v) is 7.68. The van der Waals surface area contributed by atoms with Crippen molar-refractivity contribution in [2.75, 3.05) is 0 Å². The van der Waals surface area contributed by atoms with E-state index in [4.69, 9.17) is 5.73 Å². The molecule has 0 saturated heterocycles. The van der Waals surface area contributed by atoms with Crippen LogP contribution in [0.4, 0.5) is 8.78 Å². The first-order chi connectivity index (χ1) is 11.7. The van der Waals surface area contributed by atoms with Crippen LogP contribution in [0, 0.1) is 17.0 Å². The van der Waals surface area contributed by atoms with E-state index in [0.717, 1.165) is 0 Å². The van der Waals surface area contributed by atoms with Gasteiger partial charge in [-0.3, -0.25) is 4.99 Å². The number of aromatic nitrogens is 4. The Labute approximate surface area is 151 Å². The van der Waals surface area contributed by atoms with Crippen LogP contribution in [0.2, 0.25) is 0 Å². The Hall–Kier alpha value is -2.00. The third kappa shape index (κ3) is 2.62. The molecule has 9 heteroatoms. The van der Waals surface area contributed by atoms with Gasteiger partial charge in [-0.1, -0.05) is 26.8 Å². The number of rotatable bonds is 2. The second kappa shape index (κ2) is 6.06. The van der Waals surface area contributed by atoms with E-state index in [9.17, 15) is 8.78 Å². The lowest BCUT2D eigenvalue weighted by Gasteiger charge is -2.44. The summed E-state index contributed by atoms with van der Waals surface area (Å²) in [7, 11) is 0. The molecule has 3 rings (SSSR count). The number of hydrogen-bond acceptors (Lipinski definition) is 5. The van der Waals surface area contributed by atoms with Gasteiger partial charge in [0, 0.05) is 6.21 Å². The Kier molecular flexibility index (Phi) is 4.32. The molecule has 0 bridgehead atoms. The molecule has 2 atom stereocenters. The SMILES string of the molecule is CC(C)(C)C1(c2nnnn2-c2ccc(Br)c(F)c2F)C=CC=NC1N. The first-order valence-corrected chi connectivity index (χ1v) is 8.39. The topological polar surface area (TPSA) is 82.0 Å². The summed E-state index contributed by atoms with van der Waals surface area (Å²) in [4.78, 5) is 4.28. The van der Waals surface area contributed by atoms with Gasteiger partial charge in [-0.25, -0.2) is 8.78 Å². The van der Waals surface area contributed by atoms with Crippen molar-refractivity contribution in [3.63, 3.8) is 0 Å². The fraction of sp³-hybridized carbons (Fsp3) is 0.375. The van der Waals surface area contributed by atoms with E-state index in [2.05, 4.69) is 36.4 Å². The second-order valence-electron chi connectivity index (χ2n) is 6.83. The molecule has 1 aromatic heterocycles. The van der Waals surface area contributed by atoms with Gasteiger partial charge in [-0.05, 0) is 50.0 Å². The molecular weight excluding hydrogens is 394 g/mol. The maximum absolute atomic E-state index is 14.5. The van der Waals surface area contributed by atoms with Crippen LogP contribution in [-0.2, 0) is 5.41 Å². The fourth-order valence-electron chi connectivity index (χ4n) is 3.08. The van der Waals surface area contributed by atoms with Gasteiger partial charge in [0.25, 0.3) is 0 Å². The van der Waals surface area contributed by atoms with Crippen LogP contribution in [0.25, 0.3) is 5.69 Å². The molecule has 2 N–H and O–H groups in total. The molecule has 0 saturated carbocycles. The van der Waals surface area contributed by atoms with E-state index < -0.39 is 28.6 Å². The molecule has 2 heterocycles. The molecule has 1 aromatic carbocycles. The number of halogens is 3. The van der Waals surface area contributed by atoms with Crippen molar-refractivity contribution in [2.24, 2.45) is 16.1 Å². The lowest BCUT2D eigenvalue weighted by molar-refractivity contribution is 0.184. The predicted octanol–water partition coefficient (Wildman–Crippen LogP) is 2.91. The van der Waals surface area contributed by atoms with Crippen molar-refractivity contribution in [1.82, 2.24) is 20.2 Å². The molecule has 2 unspecified atom stereocenters. The number of benzene rings is 1. The summed E-state index contributed by atoms with van der Waals surface area (Å²) in [6, 6.07) is 2.80. The predicted molar refractivity (Wildman–Crippen MR) is 93.5 cm³/mol. The number of allylic oxidation sites excluding steroid dienone is 1. The molecule has 132 valence electrons. The Morgan fingerprint density at radius 1 is 1.24 bits per heavy atom. The quantitative estimate of drug-likeness (QED) is 0.771. The molecule has 2 aromatic rings. The number of tetrazole rings is 1. The summed E-state index contributed by atoms with van der Waals surface area (Å²) in [5.41, 5.74) is 4.85. The molecule has 6 nitrogen and oxygen atoms in total. The van der Waals surface area contributed by atoms with E-state index in [-0.39, 0.29) is 10.2 Å². The Morgan fingerprint density at radius 3 is 2.60 bits per heavy atom. The van der Waals surface area contributed by atoms with Crippen molar-refractivity contribution in [3.8, 4) is 5.69 Å². The normalized spacial score (nSPS) is 23.2. The van der Waals surface area contributed by atoms with Crippen LogP contribution in [0.15, 0.2) is 33.7 Å². The lowest BCUT2D eigenvalue weighted by atomic mass is 9.63. The van der Waals surface area contributed by atoms with Crippen LogP contribution in [0.5, 0.6) is 0 Å². The number of nitrogens with two attached hydrogens (primary N) is 1. The average molecular weight is 411 g/mol. The largest absolute Gasteiger partial charge is 0.309 e. The van der Waals surface area contributed by atoms with Gasteiger partial charge in [0.05, 0.1) is 9.89 Å². The van der Waals surface area contributed by atoms with Crippen molar-refractivity contribution in [1.29, 1.82) is 0 Å². The minimum atomic E-state index is -1.05. The van der Waals surface area contributed by atoms with Gasteiger partial charge in [0.1, 0.15) is 11.9 Å². The standard InChI is InChI=1S/C16H17BrF2N6/c1-15(2,3)16(7-4-8-21-13(16)20)14-22-23-24-25(14)10-6-5-9(17)11(18)12(10)19/h4-8,13H,20H2,1-3H3. The van der Waals surface area contributed by atoms with E-state index in [1.165, 1.54) is 16.8 Å². The van der Waals surface area contributed by atoms with Gasteiger partial charge >= 0.3 is 0 Å². The minimum absolute atomic E-state index is 0.0211. The smallest absolute Gasteiger partial charge is 0.185 e. The maximum Gasteiger partial charge on any atom is 0.185 e. The van der Waals surface area contributed by atoms with Crippen LogP contribution < -0.4 is 5.73 Å². The molecule has 1 aliphatic rings. The van der Waals surface area contributed by atoms with Crippen molar-refractivity contribution in [2.45, 2.75) is 32.4 Å². The third-order valence-electron chi connectivity index (χ3n) is 4.48. The molecular formula is C16H17BrF2N6. The highest BCUT2D eigenvalue weighted by molar-refractivity contribution is 9.10. The van der Waals surface area contributed by atoms with Crippen molar-refractivity contribution < 1.29 is 8.78 Å². The molecule has 25 heavy (non-hydrogen) atoms. The fourth-order valence-corrected chi connectivity index (χ4v) is 3.38. The molecule has 0 radical (unpaired) electrons. The first kappa shape index (κ1) is 17.8. The van der Waals surface area contributed by atoms with E-state index >= 15 is 0 Å². The molecule has 0 fully saturated rings. The monoisotopic (exact) mass is 410 g/mol. The number of dihydropyridines is 1. The van der Waals surface area contributed by atoms with E-state index in [1.807, 2.05) is 26.8 Å². The lowest BCUT2D eigenvalue weighted by Crippen LogP contribution is -2.54. The molecule has 0 spiro atoms. The highest BCUT2D eigenvalue weighted by Gasteiger charge is 2.51. The number of aliphatic imine (C=N–C) groups is 1. The summed E-state index contributed by atoms with van der Waals surface area (Å²) < 4.78 is 29.7. The van der Waals surface area contributed by atoms with Crippen LogP contribution in [0.1, 0.15) is 26.6 Å². The number of hydrogen-bond donors (Lipinski definition) is 1. The first-order valence-electron chi connectivity index (χ1n) is 7.59. The van der Waals surface area contributed by atoms with Gasteiger partial charge < -0.3 is 5.73 Å². The summed E-state index contributed by atoms with van der Waals surface area (Å²) in [5, 5.41) is 11.7. The third-order valence-corrected chi connectivity index (χ3v) is 5.09. The number of nitrogens with zero attached hydrogens (tertiary/aromatic N) is 5. The molecule has 1 aliphatic heterocycles. The van der Waals surface area contributed by atoms with E-state index in [1.54, 1.807) is 12.3 Å². The maximum atomic E-state index is 14.5. The van der Waals surface area contributed by atoms with Crippen molar-refractivity contribution >= 4 is 22.1 Å². The highest BCUT2D eigenvalue weighted by Crippen LogP contribution is 2.46. The zero-order valence-corrected chi connectivity index (χ0v) is 15.5. The summed E-state index contributed by atoms with van der Waals surface area (Å²) in [6.45, 7) is 5.90. The van der Waals surface area contributed by atoms with Gasteiger partial charge in [0.2, 0.25) is 0 Å². The van der Waals surface area contributed by atoms with Crippen LogP contribution in [-0.4, -0.2) is 32.6 Å². The Balaban J connectivity index is 2.27. The summed E-state index contributed by atoms with van der Waals surface area (Å²) in [6.07, 6.45) is 4.54. The van der Waals surface area contributed by atoms with Gasteiger partial charge in [-0.15, -0.1) is 5.10 Å². The molecule has 0 amide bonds. The highest BCUT2D eigenvalue weighted by atomic mass is 79.9. The zero-order valence-electron chi connectivity index (χ0n) is 13.9. The minimum Gasteiger partial charge on any atom is -0.309 e. The molecule has 0 aliphatic carbocycles. The average Bonchev–Trinajstić information content (AvgIpc) is 3.01. The van der Waals surface area contributed by atoms with Crippen LogP contribution >= 0.6 is 15.9 Å². The van der Waals surface area contributed by atoms with Gasteiger partial charge in [-0.2, -0.15) is 4.68 Å². The summed E-state index contributed by atoms with van der Waals surface area (Å²) in [5.74, 6) is -1.77.